The average Bonchev–Trinajstić information content (AvgIpc) is 3.11. The van der Waals surface area contributed by atoms with Gasteiger partial charge < -0.3 is 20.1 Å². The number of ether oxygens (including phenoxy) is 2. The topological polar surface area (TPSA) is 97.0 Å². The predicted octanol–water partition coefficient (Wildman–Crippen LogP) is 3.69. The van der Waals surface area contributed by atoms with Crippen molar-refractivity contribution < 1.29 is 23.9 Å². The van der Waals surface area contributed by atoms with Crippen molar-refractivity contribution in [3.05, 3.63) is 95.1 Å². The molecule has 1 heterocycles. The Labute approximate surface area is 210 Å². The molecule has 8 nitrogen and oxygen atoms in total. The maximum absolute atomic E-state index is 13.3. The summed E-state index contributed by atoms with van der Waals surface area (Å²) in [5.41, 5.74) is 2.09. The first-order chi connectivity index (χ1) is 17.2. The maximum Gasteiger partial charge on any atom is 0.325 e. The van der Waals surface area contributed by atoms with Gasteiger partial charge in [0.25, 0.3) is 5.91 Å². The van der Waals surface area contributed by atoms with E-state index in [2.05, 4.69) is 10.6 Å². The number of benzene rings is 3. The number of urea groups is 1. The summed E-state index contributed by atoms with van der Waals surface area (Å²) in [6.45, 7) is 3.18. The van der Waals surface area contributed by atoms with Crippen LogP contribution in [0.25, 0.3) is 0 Å². The van der Waals surface area contributed by atoms with E-state index in [9.17, 15) is 14.4 Å². The van der Waals surface area contributed by atoms with Crippen LogP contribution < -0.4 is 20.1 Å². The van der Waals surface area contributed by atoms with Crippen molar-refractivity contribution >= 4 is 17.8 Å². The Morgan fingerprint density at radius 1 is 0.889 bits per heavy atom. The third-order valence-electron chi connectivity index (χ3n) is 6.41. The monoisotopic (exact) mass is 487 g/mol. The van der Waals surface area contributed by atoms with Crippen LogP contribution in [0.4, 0.5) is 4.79 Å². The highest BCUT2D eigenvalue weighted by Crippen LogP contribution is 2.30. The second kappa shape index (κ2) is 10.1. The number of carbonyl (C=O) groups excluding carboxylic acids is 3. The maximum atomic E-state index is 13.3. The van der Waals surface area contributed by atoms with E-state index in [4.69, 9.17) is 9.47 Å². The fourth-order valence-electron chi connectivity index (χ4n) is 4.23. The number of aryl methyl sites for hydroxylation is 1. The van der Waals surface area contributed by atoms with Crippen LogP contribution in [0.3, 0.4) is 0 Å². The molecular weight excluding hydrogens is 458 g/mol. The molecule has 36 heavy (non-hydrogen) atoms. The number of nitrogens with zero attached hydrogens (tertiary/aromatic N) is 1. The Hall–Kier alpha value is -4.33. The number of hydrogen-bond acceptors (Lipinski definition) is 5. The minimum absolute atomic E-state index is 0.408. The van der Waals surface area contributed by atoms with Gasteiger partial charge in [0.05, 0.1) is 20.3 Å². The standard InChI is InChI=1S/C28H29N3O5/c1-18-5-11-21(12-6-18)28(2)26(33)31(27(34)30-28)17-24(32)29-25(19-7-13-22(35-3)14-8-19)20-9-15-23(36-4)16-10-20/h5-16,25H,17H2,1-4H3,(H,29,32)(H,30,34). The van der Waals surface area contributed by atoms with E-state index in [1.165, 1.54) is 0 Å². The number of rotatable bonds is 8. The molecule has 8 heteroatoms. The summed E-state index contributed by atoms with van der Waals surface area (Å²) in [6, 6.07) is 20.9. The summed E-state index contributed by atoms with van der Waals surface area (Å²) in [7, 11) is 3.17. The Morgan fingerprint density at radius 2 is 1.39 bits per heavy atom. The highest BCUT2D eigenvalue weighted by Gasteiger charge is 2.49. The van der Waals surface area contributed by atoms with Gasteiger partial charge in [0.2, 0.25) is 5.91 Å². The lowest BCUT2D eigenvalue weighted by Gasteiger charge is -2.23. The second-order valence-corrected chi connectivity index (χ2v) is 8.86. The zero-order valence-corrected chi connectivity index (χ0v) is 20.7. The molecule has 3 aromatic rings. The third kappa shape index (κ3) is 4.88. The molecule has 1 saturated heterocycles. The van der Waals surface area contributed by atoms with E-state index in [0.29, 0.717) is 17.1 Å². The van der Waals surface area contributed by atoms with Crippen LogP contribution in [-0.2, 0) is 15.1 Å². The number of nitrogens with one attached hydrogen (secondary N) is 2. The van der Waals surface area contributed by atoms with E-state index < -0.39 is 36.0 Å². The van der Waals surface area contributed by atoms with Gasteiger partial charge in [-0.25, -0.2) is 4.79 Å². The Morgan fingerprint density at radius 3 is 1.86 bits per heavy atom. The summed E-state index contributed by atoms with van der Waals surface area (Å²) in [5.74, 6) is 0.432. The Kier molecular flexibility index (Phi) is 6.96. The molecule has 0 radical (unpaired) electrons. The van der Waals surface area contributed by atoms with Gasteiger partial charge in [-0.05, 0) is 54.8 Å². The van der Waals surface area contributed by atoms with Crippen molar-refractivity contribution in [3.63, 3.8) is 0 Å². The van der Waals surface area contributed by atoms with Crippen LogP contribution in [0.15, 0.2) is 72.8 Å². The van der Waals surface area contributed by atoms with E-state index >= 15 is 0 Å². The van der Waals surface area contributed by atoms with Crippen LogP contribution in [0, 0.1) is 6.92 Å². The SMILES string of the molecule is COc1ccc(C(NC(=O)CN2C(=O)NC(C)(c3ccc(C)cc3)C2=O)c2ccc(OC)cc2)cc1. The molecular formula is C28H29N3O5. The molecule has 0 aliphatic carbocycles. The van der Waals surface area contributed by atoms with Crippen LogP contribution in [-0.4, -0.2) is 43.5 Å². The van der Waals surface area contributed by atoms with Gasteiger partial charge >= 0.3 is 6.03 Å². The molecule has 4 rings (SSSR count). The van der Waals surface area contributed by atoms with Crippen molar-refractivity contribution in [2.24, 2.45) is 0 Å². The zero-order chi connectivity index (χ0) is 25.9. The first-order valence-electron chi connectivity index (χ1n) is 11.5. The van der Waals surface area contributed by atoms with Crippen LogP contribution in [0.2, 0.25) is 0 Å². The van der Waals surface area contributed by atoms with Crippen LogP contribution in [0.5, 0.6) is 11.5 Å². The smallest absolute Gasteiger partial charge is 0.325 e. The van der Waals surface area contributed by atoms with Gasteiger partial charge in [-0.2, -0.15) is 0 Å². The summed E-state index contributed by atoms with van der Waals surface area (Å²) in [5, 5.41) is 5.72. The largest absolute Gasteiger partial charge is 0.497 e. The van der Waals surface area contributed by atoms with Gasteiger partial charge in [0, 0.05) is 0 Å². The minimum atomic E-state index is -1.24. The molecule has 186 valence electrons. The highest BCUT2D eigenvalue weighted by atomic mass is 16.5. The molecule has 1 aliphatic rings. The van der Waals surface area contributed by atoms with E-state index in [1.54, 1.807) is 33.3 Å². The molecule has 1 unspecified atom stereocenters. The van der Waals surface area contributed by atoms with Crippen molar-refractivity contribution in [2.75, 3.05) is 20.8 Å². The predicted molar refractivity (Wildman–Crippen MR) is 135 cm³/mol. The molecule has 2 N–H and O–H groups in total. The first-order valence-corrected chi connectivity index (χ1v) is 11.5. The number of carbonyl (C=O) groups is 3. The van der Waals surface area contributed by atoms with E-state index in [-0.39, 0.29) is 0 Å². The normalized spacial score (nSPS) is 17.2. The van der Waals surface area contributed by atoms with Crippen molar-refractivity contribution in [1.82, 2.24) is 15.5 Å². The molecule has 0 bridgehead atoms. The minimum Gasteiger partial charge on any atom is -0.497 e. The number of methoxy groups -OCH3 is 2. The Balaban J connectivity index is 1.55. The lowest BCUT2D eigenvalue weighted by atomic mass is 9.91. The van der Waals surface area contributed by atoms with Crippen LogP contribution in [0.1, 0.15) is 35.2 Å². The van der Waals surface area contributed by atoms with Gasteiger partial charge in [-0.3, -0.25) is 14.5 Å². The summed E-state index contributed by atoms with van der Waals surface area (Å²) < 4.78 is 10.5. The quantitative estimate of drug-likeness (QED) is 0.473. The van der Waals surface area contributed by atoms with E-state index in [0.717, 1.165) is 21.6 Å². The zero-order valence-electron chi connectivity index (χ0n) is 20.7. The molecule has 0 aromatic heterocycles. The second-order valence-electron chi connectivity index (χ2n) is 8.86. The lowest BCUT2D eigenvalue weighted by Crippen LogP contribution is -2.44. The summed E-state index contributed by atoms with van der Waals surface area (Å²) in [6.07, 6.45) is 0. The molecule has 0 saturated carbocycles. The lowest BCUT2D eigenvalue weighted by molar-refractivity contribution is -0.135. The Bertz CT molecular complexity index is 1210. The number of imide groups is 1. The van der Waals surface area contributed by atoms with Gasteiger partial charge in [-0.15, -0.1) is 0 Å². The highest BCUT2D eigenvalue weighted by molar-refractivity contribution is 6.09. The van der Waals surface area contributed by atoms with Gasteiger partial charge in [-0.1, -0.05) is 54.1 Å². The molecule has 1 fully saturated rings. The summed E-state index contributed by atoms with van der Waals surface area (Å²) in [4.78, 5) is 40.1. The number of hydrogen-bond donors (Lipinski definition) is 2. The van der Waals surface area contributed by atoms with Crippen molar-refractivity contribution in [3.8, 4) is 11.5 Å². The molecule has 3 aromatic carbocycles. The number of amides is 4. The first kappa shape index (κ1) is 24.8. The average molecular weight is 488 g/mol. The van der Waals surface area contributed by atoms with E-state index in [1.807, 2.05) is 67.6 Å². The van der Waals surface area contributed by atoms with Crippen molar-refractivity contribution in [1.29, 1.82) is 0 Å². The fourth-order valence-corrected chi connectivity index (χ4v) is 4.23. The van der Waals surface area contributed by atoms with Crippen LogP contribution >= 0.6 is 0 Å². The molecule has 0 spiro atoms. The summed E-state index contributed by atoms with van der Waals surface area (Å²) >= 11 is 0. The third-order valence-corrected chi connectivity index (χ3v) is 6.41. The molecule has 1 aliphatic heterocycles. The van der Waals surface area contributed by atoms with Gasteiger partial charge in [0.1, 0.15) is 23.6 Å². The van der Waals surface area contributed by atoms with Gasteiger partial charge in [0.15, 0.2) is 0 Å². The molecule has 1 atom stereocenters. The molecule has 4 amide bonds. The fraction of sp³-hybridized carbons (Fsp3) is 0.250. The van der Waals surface area contributed by atoms with Crippen molar-refractivity contribution in [2.45, 2.75) is 25.4 Å².